The quantitative estimate of drug-likeness (QED) is 0.799. The summed E-state index contributed by atoms with van der Waals surface area (Å²) in [5, 5.41) is 0. The Bertz CT molecular complexity index is 493. The molecule has 0 atom stereocenters. The van der Waals surface area contributed by atoms with E-state index in [0.717, 1.165) is 9.39 Å². The van der Waals surface area contributed by atoms with Gasteiger partial charge in [-0.15, -0.1) is 0 Å². The summed E-state index contributed by atoms with van der Waals surface area (Å²) in [6.45, 7) is 4.25. The van der Waals surface area contributed by atoms with E-state index in [4.69, 9.17) is 4.74 Å². The van der Waals surface area contributed by atoms with Gasteiger partial charge in [0.05, 0.1) is 12.8 Å². The van der Waals surface area contributed by atoms with Crippen molar-refractivity contribution in [1.82, 2.24) is 14.4 Å². The van der Waals surface area contributed by atoms with Gasteiger partial charge in [0.1, 0.15) is 3.70 Å². The Morgan fingerprint density at radius 2 is 2.13 bits per heavy atom. The summed E-state index contributed by atoms with van der Waals surface area (Å²) >= 11 is 2.29. The molecule has 2 aromatic heterocycles. The highest BCUT2D eigenvalue weighted by molar-refractivity contribution is 14.1. The van der Waals surface area contributed by atoms with Crippen LogP contribution in [0.15, 0.2) is 12.3 Å². The lowest BCUT2D eigenvalue weighted by molar-refractivity contribution is 0.398. The molecule has 0 saturated heterocycles. The molecule has 0 aliphatic carbocycles. The highest BCUT2D eigenvalue weighted by Gasteiger charge is 2.13. The second-order valence-corrected chi connectivity index (χ2v) is 4.60. The number of hydrogen-bond acceptors (Lipinski definition) is 3. The first kappa shape index (κ1) is 10.7. The van der Waals surface area contributed by atoms with Gasteiger partial charge in [-0.2, -0.15) is 4.98 Å². The maximum Gasteiger partial charge on any atom is 0.238 e. The number of fused-ring (bicyclic) bond motifs is 1. The number of ether oxygens (including phenoxy) is 1. The van der Waals surface area contributed by atoms with E-state index in [1.54, 1.807) is 7.11 Å². The molecular weight excluding hydrogens is 305 g/mol. The lowest BCUT2D eigenvalue weighted by atomic mass is 10.2. The molecule has 0 aliphatic heterocycles. The number of methoxy groups -OCH3 is 1. The summed E-state index contributed by atoms with van der Waals surface area (Å²) in [6, 6.07) is 1.83. The molecule has 0 spiro atoms. The minimum atomic E-state index is 0.407. The van der Waals surface area contributed by atoms with Crippen molar-refractivity contribution in [2.24, 2.45) is 0 Å². The van der Waals surface area contributed by atoms with Gasteiger partial charge >= 0.3 is 0 Å². The smallest absolute Gasteiger partial charge is 0.238 e. The third-order valence-corrected chi connectivity index (χ3v) is 3.26. The molecule has 2 aromatic rings. The van der Waals surface area contributed by atoms with Crippen LogP contribution in [0.5, 0.6) is 5.88 Å². The first-order valence-corrected chi connectivity index (χ1v) is 5.80. The van der Waals surface area contributed by atoms with E-state index in [-0.39, 0.29) is 0 Å². The molecule has 4 nitrogen and oxygen atoms in total. The number of hydrogen-bond donors (Lipinski definition) is 0. The molecule has 5 heteroatoms. The average Bonchev–Trinajstić information content (AvgIpc) is 2.55. The fourth-order valence-electron chi connectivity index (χ4n) is 1.39. The van der Waals surface area contributed by atoms with Gasteiger partial charge in [-0.3, -0.25) is 4.40 Å². The van der Waals surface area contributed by atoms with Crippen LogP contribution in [0.25, 0.3) is 5.78 Å². The summed E-state index contributed by atoms with van der Waals surface area (Å²) in [5.74, 6) is 1.70. The Hall–Kier alpha value is -0.850. The number of rotatable bonds is 2. The van der Waals surface area contributed by atoms with Gasteiger partial charge in [0.25, 0.3) is 0 Å². The summed E-state index contributed by atoms with van der Waals surface area (Å²) in [4.78, 5) is 8.77. The minimum absolute atomic E-state index is 0.407. The van der Waals surface area contributed by atoms with Crippen LogP contribution in [0.4, 0.5) is 0 Å². The summed E-state index contributed by atoms with van der Waals surface area (Å²) in [6.07, 6.45) is 1.93. The molecule has 0 aromatic carbocycles. The van der Waals surface area contributed by atoms with Gasteiger partial charge in [0.15, 0.2) is 0 Å². The highest BCUT2D eigenvalue weighted by Crippen LogP contribution is 2.22. The van der Waals surface area contributed by atoms with Crippen molar-refractivity contribution in [3.63, 3.8) is 0 Å². The fourth-order valence-corrected chi connectivity index (χ4v) is 2.51. The Kier molecular flexibility index (Phi) is 2.81. The molecular formula is C10H12IN3O. The lowest BCUT2D eigenvalue weighted by Crippen LogP contribution is -1.93. The van der Waals surface area contributed by atoms with E-state index in [1.807, 2.05) is 16.7 Å². The first-order chi connectivity index (χ1) is 7.13. The minimum Gasteiger partial charge on any atom is -0.481 e. The number of nitrogens with zero attached hydrogens (tertiary/aromatic N) is 3. The van der Waals surface area contributed by atoms with Gasteiger partial charge in [-0.05, 0) is 28.5 Å². The molecule has 0 fully saturated rings. The summed E-state index contributed by atoms with van der Waals surface area (Å²) < 4.78 is 8.15. The molecule has 15 heavy (non-hydrogen) atoms. The van der Waals surface area contributed by atoms with Crippen LogP contribution in [0.1, 0.15) is 25.5 Å². The van der Waals surface area contributed by atoms with Gasteiger partial charge in [0, 0.05) is 12.3 Å². The van der Waals surface area contributed by atoms with Crippen LogP contribution < -0.4 is 4.74 Å². The zero-order chi connectivity index (χ0) is 11.0. The Labute approximate surface area is 102 Å². The zero-order valence-corrected chi connectivity index (χ0v) is 11.0. The number of imidazole rings is 1. The summed E-state index contributed by atoms with van der Waals surface area (Å²) in [7, 11) is 1.61. The Morgan fingerprint density at radius 3 is 2.73 bits per heavy atom. The number of aromatic nitrogens is 3. The molecule has 0 radical (unpaired) electrons. The third-order valence-electron chi connectivity index (χ3n) is 2.19. The predicted molar refractivity (Wildman–Crippen MR) is 66.3 cm³/mol. The maximum absolute atomic E-state index is 5.06. The van der Waals surface area contributed by atoms with Crippen molar-refractivity contribution in [3.8, 4) is 5.88 Å². The molecule has 0 amide bonds. The van der Waals surface area contributed by atoms with Gasteiger partial charge in [-0.25, -0.2) is 4.98 Å². The number of halogens is 1. The van der Waals surface area contributed by atoms with Gasteiger partial charge in [-0.1, -0.05) is 13.8 Å². The van der Waals surface area contributed by atoms with E-state index >= 15 is 0 Å². The molecule has 2 heterocycles. The van der Waals surface area contributed by atoms with E-state index in [2.05, 4.69) is 46.4 Å². The SMILES string of the molecule is COc1ccn2c(I)c(C(C)C)nc2n1. The molecule has 80 valence electrons. The maximum atomic E-state index is 5.06. The molecule has 0 saturated carbocycles. The normalized spacial score (nSPS) is 11.3. The first-order valence-electron chi connectivity index (χ1n) is 4.72. The monoisotopic (exact) mass is 317 g/mol. The Morgan fingerprint density at radius 1 is 1.40 bits per heavy atom. The molecule has 0 N–H and O–H groups in total. The second-order valence-electron chi connectivity index (χ2n) is 3.58. The highest BCUT2D eigenvalue weighted by atomic mass is 127. The van der Waals surface area contributed by atoms with Crippen molar-refractivity contribution < 1.29 is 4.74 Å². The molecule has 0 aliphatic rings. The average molecular weight is 317 g/mol. The predicted octanol–water partition coefficient (Wildman–Crippen LogP) is 2.47. The van der Waals surface area contributed by atoms with Crippen molar-refractivity contribution in [3.05, 3.63) is 21.7 Å². The van der Waals surface area contributed by atoms with Crippen LogP contribution in [-0.4, -0.2) is 21.5 Å². The van der Waals surface area contributed by atoms with E-state index < -0.39 is 0 Å². The van der Waals surface area contributed by atoms with Crippen molar-refractivity contribution in [2.45, 2.75) is 19.8 Å². The van der Waals surface area contributed by atoms with E-state index in [9.17, 15) is 0 Å². The van der Waals surface area contributed by atoms with Crippen molar-refractivity contribution >= 4 is 28.4 Å². The fraction of sp³-hybridized carbons (Fsp3) is 0.400. The van der Waals surface area contributed by atoms with Gasteiger partial charge < -0.3 is 4.74 Å². The van der Waals surface area contributed by atoms with Crippen LogP contribution in [0, 0.1) is 3.70 Å². The van der Waals surface area contributed by atoms with E-state index in [1.165, 1.54) is 0 Å². The zero-order valence-electron chi connectivity index (χ0n) is 8.86. The van der Waals surface area contributed by atoms with Crippen molar-refractivity contribution in [2.75, 3.05) is 7.11 Å². The standard InChI is InChI=1S/C10H12IN3O/c1-6(2)8-9(11)14-5-4-7(15-3)12-10(14)13-8/h4-6H,1-3H3. The van der Waals surface area contributed by atoms with Crippen molar-refractivity contribution in [1.29, 1.82) is 0 Å². The van der Waals surface area contributed by atoms with Crippen LogP contribution >= 0.6 is 22.6 Å². The largest absolute Gasteiger partial charge is 0.481 e. The Balaban J connectivity index is 2.65. The van der Waals surface area contributed by atoms with E-state index in [0.29, 0.717) is 17.6 Å². The summed E-state index contributed by atoms with van der Waals surface area (Å²) in [5.41, 5.74) is 1.08. The molecule has 0 unspecified atom stereocenters. The van der Waals surface area contributed by atoms with Crippen LogP contribution in [0.3, 0.4) is 0 Å². The second kappa shape index (κ2) is 3.96. The molecule has 2 rings (SSSR count). The lowest BCUT2D eigenvalue weighted by Gasteiger charge is -1.99. The van der Waals surface area contributed by atoms with Crippen LogP contribution in [-0.2, 0) is 0 Å². The van der Waals surface area contributed by atoms with Crippen LogP contribution in [0.2, 0.25) is 0 Å². The third kappa shape index (κ3) is 1.80. The molecule has 0 bridgehead atoms. The topological polar surface area (TPSA) is 39.4 Å². The van der Waals surface area contributed by atoms with Gasteiger partial charge in [0.2, 0.25) is 11.7 Å².